The molecule has 0 aliphatic heterocycles. The van der Waals surface area contributed by atoms with Crippen LogP contribution in [0.4, 0.5) is 17.1 Å². The zero-order chi connectivity index (χ0) is 32.3. The lowest BCUT2D eigenvalue weighted by Gasteiger charge is -2.27. The van der Waals surface area contributed by atoms with E-state index in [1.54, 1.807) is 0 Å². The molecule has 0 N–H and O–H groups in total. The molecule has 2 nitrogen and oxygen atoms in total. The van der Waals surface area contributed by atoms with Crippen molar-refractivity contribution in [2.75, 3.05) is 4.90 Å². The summed E-state index contributed by atoms with van der Waals surface area (Å²) in [4.78, 5) is 2.44. The highest BCUT2D eigenvalue weighted by Gasteiger charge is 2.21. The van der Waals surface area contributed by atoms with Crippen molar-refractivity contribution in [1.82, 2.24) is 0 Å². The molecule has 0 fully saturated rings. The number of hydrogen-bond donors (Lipinski definition) is 0. The van der Waals surface area contributed by atoms with Gasteiger partial charge in [-0.05, 0) is 108 Å². The van der Waals surface area contributed by atoms with Crippen molar-refractivity contribution in [3.05, 3.63) is 163 Å². The molecule has 49 heavy (non-hydrogen) atoms. The minimum atomic E-state index is 0.972. The van der Waals surface area contributed by atoms with Crippen LogP contribution >= 0.6 is 11.3 Å². The predicted octanol–water partition coefficient (Wildman–Crippen LogP) is 13.8. The van der Waals surface area contributed by atoms with E-state index in [1.165, 1.54) is 53.0 Å². The average Bonchev–Trinajstić information content (AvgIpc) is 3.73. The van der Waals surface area contributed by atoms with Gasteiger partial charge in [-0.25, -0.2) is 0 Å². The SMILES string of the molecule is C1=CC(c2cc(-c3cccc4c5c(oc34)C=CCC5)cc(N(c3ccc4ccccc4c3)c3ccc4c(c3)sc3ccccc34)c2)=CCC1. The van der Waals surface area contributed by atoms with Crippen LogP contribution in [-0.2, 0) is 6.42 Å². The molecule has 2 aliphatic rings. The molecular weight excluding hydrogens is 615 g/mol. The molecular formula is C46H33NOS. The molecule has 0 saturated carbocycles. The van der Waals surface area contributed by atoms with E-state index in [-0.39, 0.29) is 0 Å². The second kappa shape index (κ2) is 11.5. The van der Waals surface area contributed by atoms with Gasteiger partial charge in [0.2, 0.25) is 0 Å². The molecule has 10 rings (SSSR count). The largest absolute Gasteiger partial charge is 0.456 e. The molecule has 3 heteroatoms. The van der Waals surface area contributed by atoms with E-state index in [9.17, 15) is 0 Å². The van der Waals surface area contributed by atoms with Crippen molar-refractivity contribution in [2.45, 2.75) is 25.7 Å². The third-order valence-corrected chi connectivity index (χ3v) is 11.2. The fourth-order valence-corrected chi connectivity index (χ4v) is 8.87. The summed E-state index contributed by atoms with van der Waals surface area (Å²) >= 11 is 1.86. The fourth-order valence-electron chi connectivity index (χ4n) is 7.73. The number of aryl methyl sites for hydroxylation is 1. The van der Waals surface area contributed by atoms with Gasteiger partial charge in [0.15, 0.2) is 0 Å². The number of hydrogen-bond acceptors (Lipinski definition) is 3. The first-order chi connectivity index (χ1) is 24.3. The number of benzene rings is 6. The Morgan fingerprint density at radius 3 is 2.29 bits per heavy atom. The second-order valence-corrected chi connectivity index (χ2v) is 14.2. The Labute approximate surface area is 289 Å². The van der Waals surface area contributed by atoms with Crippen molar-refractivity contribution in [2.24, 2.45) is 0 Å². The summed E-state index contributed by atoms with van der Waals surface area (Å²) in [5.41, 5.74) is 10.4. The quantitative estimate of drug-likeness (QED) is 0.185. The molecule has 0 bridgehead atoms. The van der Waals surface area contributed by atoms with Gasteiger partial charge in [-0.2, -0.15) is 0 Å². The van der Waals surface area contributed by atoms with E-state index in [2.05, 4.69) is 157 Å². The Kier molecular flexibility index (Phi) is 6.66. The molecule has 0 amide bonds. The molecule has 0 saturated heterocycles. The summed E-state index contributed by atoms with van der Waals surface area (Å²) in [5.74, 6) is 0.998. The van der Waals surface area contributed by atoms with Crippen molar-refractivity contribution in [3.8, 4) is 11.1 Å². The van der Waals surface area contributed by atoms with Gasteiger partial charge in [0.05, 0.1) is 0 Å². The lowest BCUT2D eigenvalue weighted by Crippen LogP contribution is -2.10. The zero-order valence-corrected chi connectivity index (χ0v) is 27.8. The van der Waals surface area contributed by atoms with Crippen molar-refractivity contribution >= 4 is 82.0 Å². The summed E-state index contributed by atoms with van der Waals surface area (Å²) < 4.78 is 9.23. The molecule has 234 valence electrons. The van der Waals surface area contributed by atoms with Crippen LogP contribution in [0.1, 0.15) is 36.1 Å². The van der Waals surface area contributed by atoms with E-state index in [4.69, 9.17) is 4.42 Å². The van der Waals surface area contributed by atoms with Gasteiger partial charge < -0.3 is 9.32 Å². The summed E-state index contributed by atoms with van der Waals surface area (Å²) in [6.45, 7) is 0. The molecule has 0 radical (unpaired) electrons. The van der Waals surface area contributed by atoms with Crippen LogP contribution in [0.15, 0.2) is 150 Å². The number of rotatable bonds is 5. The first-order valence-corrected chi connectivity index (χ1v) is 18.0. The van der Waals surface area contributed by atoms with Crippen LogP contribution in [0.25, 0.3) is 64.7 Å². The van der Waals surface area contributed by atoms with E-state index in [0.29, 0.717) is 0 Å². The Hall–Kier alpha value is -5.64. The Morgan fingerprint density at radius 2 is 1.35 bits per heavy atom. The van der Waals surface area contributed by atoms with Crippen molar-refractivity contribution < 1.29 is 4.42 Å². The molecule has 0 atom stereocenters. The van der Waals surface area contributed by atoms with Crippen LogP contribution in [-0.4, -0.2) is 0 Å². The highest BCUT2D eigenvalue weighted by Crippen LogP contribution is 2.45. The molecule has 8 aromatic rings. The average molecular weight is 648 g/mol. The predicted molar refractivity (Wildman–Crippen MR) is 210 cm³/mol. The van der Waals surface area contributed by atoms with Gasteiger partial charge in [-0.15, -0.1) is 11.3 Å². The third kappa shape index (κ3) is 4.84. The van der Waals surface area contributed by atoms with Crippen LogP contribution in [0.5, 0.6) is 0 Å². The number of furan rings is 1. The van der Waals surface area contributed by atoms with E-state index in [0.717, 1.165) is 65.2 Å². The van der Waals surface area contributed by atoms with E-state index >= 15 is 0 Å². The minimum Gasteiger partial charge on any atom is -0.456 e. The number of anilines is 3. The van der Waals surface area contributed by atoms with Gasteiger partial charge in [-0.1, -0.05) is 97.1 Å². The minimum absolute atomic E-state index is 0.972. The monoisotopic (exact) mass is 647 g/mol. The first kappa shape index (κ1) is 28.4. The Balaban J connectivity index is 1.23. The lowest BCUT2D eigenvalue weighted by atomic mass is 9.93. The van der Waals surface area contributed by atoms with Crippen LogP contribution < -0.4 is 4.90 Å². The van der Waals surface area contributed by atoms with E-state index < -0.39 is 0 Å². The normalized spacial score (nSPS) is 14.2. The molecule has 0 spiro atoms. The molecule has 2 heterocycles. The number of para-hydroxylation sites is 1. The maximum absolute atomic E-state index is 6.63. The number of nitrogens with zero attached hydrogens (tertiary/aromatic N) is 1. The maximum Gasteiger partial charge on any atom is 0.142 e. The van der Waals surface area contributed by atoms with E-state index in [1.807, 2.05) is 11.3 Å². The number of thiophene rings is 1. The number of allylic oxidation sites excluding steroid dienone is 5. The van der Waals surface area contributed by atoms with Gasteiger partial charge in [0.1, 0.15) is 11.3 Å². The van der Waals surface area contributed by atoms with Gasteiger partial charge in [0.25, 0.3) is 0 Å². The Bertz CT molecular complexity index is 2680. The van der Waals surface area contributed by atoms with Crippen molar-refractivity contribution in [3.63, 3.8) is 0 Å². The standard InChI is InChI=1S/C46H33NOS/c1-2-11-30(12-3-1)33-25-34(38-17-10-18-42-39-15-6-8-19-43(39)48-46(38)42)28-37(27-33)47(35-22-21-31-13-4-5-14-32(31)26-35)36-23-24-41-40-16-7-9-20-44(40)49-45(41)29-36/h2,4-5,7-14,16-29H,1,3,6,15H2. The van der Waals surface area contributed by atoms with Crippen molar-refractivity contribution in [1.29, 1.82) is 0 Å². The highest BCUT2D eigenvalue weighted by molar-refractivity contribution is 7.25. The third-order valence-electron chi connectivity index (χ3n) is 10.1. The highest BCUT2D eigenvalue weighted by atomic mass is 32.1. The van der Waals surface area contributed by atoms with Crippen LogP contribution in [0, 0.1) is 0 Å². The molecule has 0 unspecified atom stereocenters. The maximum atomic E-state index is 6.63. The Morgan fingerprint density at radius 1 is 0.551 bits per heavy atom. The summed E-state index contributed by atoms with van der Waals surface area (Å²) in [6.07, 6.45) is 15.5. The smallest absolute Gasteiger partial charge is 0.142 e. The molecule has 2 aliphatic carbocycles. The summed E-state index contributed by atoms with van der Waals surface area (Å²) in [7, 11) is 0. The summed E-state index contributed by atoms with van der Waals surface area (Å²) in [5, 5.41) is 6.30. The zero-order valence-electron chi connectivity index (χ0n) is 27.0. The summed E-state index contributed by atoms with van der Waals surface area (Å²) in [6, 6.07) is 44.9. The topological polar surface area (TPSA) is 16.4 Å². The van der Waals surface area contributed by atoms with Gasteiger partial charge in [-0.3, -0.25) is 0 Å². The molecule has 6 aromatic carbocycles. The van der Waals surface area contributed by atoms with Crippen LogP contribution in [0.3, 0.4) is 0 Å². The second-order valence-electron chi connectivity index (χ2n) is 13.1. The lowest BCUT2D eigenvalue weighted by molar-refractivity contribution is 0.596. The molecule has 2 aromatic heterocycles. The van der Waals surface area contributed by atoms with Gasteiger partial charge >= 0.3 is 0 Å². The van der Waals surface area contributed by atoms with Gasteiger partial charge in [0, 0.05) is 53.7 Å². The number of fused-ring (bicyclic) bond motifs is 7. The first-order valence-electron chi connectivity index (χ1n) is 17.2. The van der Waals surface area contributed by atoms with Crippen LogP contribution in [0.2, 0.25) is 0 Å². The fraction of sp³-hybridized carbons (Fsp3) is 0.0870.